The summed E-state index contributed by atoms with van der Waals surface area (Å²) in [4.78, 5) is 10.8. The lowest BCUT2D eigenvalue weighted by molar-refractivity contribution is 0.0402. The Balaban J connectivity index is 2.19. The molecule has 1 fully saturated rings. The maximum Gasteiger partial charge on any atom is 0.514 e. The van der Waals surface area contributed by atoms with E-state index in [2.05, 4.69) is 11.3 Å². The van der Waals surface area contributed by atoms with Gasteiger partial charge in [0, 0.05) is 5.02 Å². The lowest BCUT2D eigenvalue weighted by Crippen LogP contribution is -2.19. The highest BCUT2D eigenvalue weighted by Crippen LogP contribution is 2.29. The Hall–Kier alpha value is -1.52. The van der Waals surface area contributed by atoms with Crippen molar-refractivity contribution in [3.63, 3.8) is 0 Å². The molecule has 84 valence electrons. The molecule has 4 nitrogen and oxygen atoms in total. The van der Waals surface area contributed by atoms with Crippen LogP contribution in [0.5, 0.6) is 0 Å². The van der Waals surface area contributed by atoms with Crippen LogP contribution >= 0.6 is 11.6 Å². The molecular formula is C11H9ClO4. The van der Waals surface area contributed by atoms with Crippen LogP contribution in [0.15, 0.2) is 36.6 Å². The summed E-state index contributed by atoms with van der Waals surface area (Å²) < 4.78 is 9.37. The number of cyclic esters (lactones) is 2. The highest BCUT2D eigenvalue weighted by molar-refractivity contribution is 6.30. The Bertz CT molecular complexity index is 426. The van der Waals surface area contributed by atoms with Crippen molar-refractivity contribution in [2.75, 3.05) is 0 Å². The van der Waals surface area contributed by atoms with Crippen LogP contribution in [-0.2, 0) is 9.47 Å². The Morgan fingerprint density at radius 3 is 2.50 bits per heavy atom. The van der Waals surface area contributed by atoms with Gasteiger partial charge >= 0.3 is 6.16 Å². The van der Waals surface area contributed by atoms with Crippen molar-refractivity contribution >= 4 is 17.8 Å². The molecule has 0 unspecified atom stereocenters. The van der Waals surface area contributed by atoms with Crippen molar-refractivity contribution in [1.29, 1.82) is 0 Å². The van der Waals surface area contributed by atoms with Crippen LogP contribution in [0, 0.1) is 0 Å². The number of carbonyl (C=O) groups excluding carboxylic acids is 1. The average molecular weight is 241 g/mol. The number of halogens is 1. The lowest BCUT2D eigenvalue weighted by atomic mass is 10.0. The maximum absolute atomic E-state index is 10.8. The number of hydrogen-bond acceptors (Lipinski definition) is 4. The maximum atomic E-state index is 10.8. The first kappa shape index (κ1) is 11.0. The van der Waals surface area contributed by atoms with E-state index in [9.17, 15) is 9.90 Å². The van der Waals surface area contributed by atoms with Crippen LogP contribution in [0.2, 0.25) is 5.02 Å². The Morgan fingerprint density at radius 2 is 2.00 bits per heavy atom. The molecule has 0 aromatic heterocycles. The van der Waals surface area contributed by atoms with Gasteiger partial charge in [-0.05, 0) is 17.7 Å². The van der Waals surface area contributed by atoms with E-state index in [1.807, 2.05) is 0 Å². The Labute approximate surface area is 97.0 Å². The van der Waals surface area contributed by atoms with Gasteiger partial charge in [-0.3, -0.25) is 0 Å². The minimum Gasteiger partial charge on any atom is -0.419 e. The van der Waals surface area contributed by atoms with Crippen molar-refractivity contribution in [2.24, 2.45) is 0 Å². The first-order chi connectivity index (χ1) is 7.58. The minimum absolute atomic E-state index is 0.104. The molecule has 0 aliphatic carbocycles. The second kappa shape index (κ2) is 4.15. The third-order valence-corrected chi connectivity index (χ3v) is 2.51. The molecule has 1 aliphatic heterocycles. The van der Waals surface area contributed by atoms with E-state index < -0.39 is 18.4 Å². The molecule has 1 saturated heterocycles. The highest BCUT2D eigenvalue weighted by atomic mass is 35.5. The normalized spacial score (nSPS) is 21.5. The predicted octanol–water partition coefficient (Wildman–Crippen LogP) is 2.42. The highest BCUT2D eigenvalue weighted by Gasteiger charge is 2.36. The summed E-state index contributed by atoms with van der Waals surface area (Å²) in [7, 11) is 0. The molecule has 0 bridgehead atoms. The number of ether oxygens (including phenoxy) is 2. The monoisotopic (exact) mass is 240 g/mol. The van der Waals surface area contributed by atoms with Gasteiger partial charge in [-0.15, -0.1) is 0 Å². The summed E-state index contributed by atoms with van der Waals surface area (Å²) >= 11 is 5.72. The number of aliphatic hydroxyl groups excluding tert-OH is 1. The lowest BCUT2D eigenvalue weighted by Gasteiger charge is -2.15. The summed E-state index contributed by atoms with van der Waals surface area (Å²) in [6.07, 6.45) is -2.71. The zero-order valence-corrected chi connectivity index (χ0v) is 8.98. The summed E-state index contributed by atoms with van der Waals surface area (Å²) in [5, 5.41) is 10.5. The van der Waals surface area contributed by atoms with Crippen LogP contribution in [0.3, 0.4) is 0 Å². The third kappa shape index (κ3) is 2.03. The molecule has 0 spiro atoms. The van der Waals surface area contributed by atoms with Gasteiger partial charge in [0.05, 0.1) is 0 Å². The Kier molecular flexibility index (Phi) is 2.85. The van der Waals surface area contributed by atoms with Crippen LogP contribution in [0.1, 0.15) is 11.7 Å². The van der Waals surface area contributed by atoms with Crippen molar-refractivity contribution in [1.82, 2.24) is 0 Å². The number of aliphatic hydroxyl groups is 1. The van der Waals surface area contributed by atoms with Gasteiger partial charge in [0.2, 0.25) is 0 Å². The first-order valence-corrected chi connectivity index (χ1v) is 4.96. The summed E-state index contributed by atoms with van der Waals surface area (Å²) in [6.45, 7) is 3.50. The predicted molar refractivity (Wildman–Crippen MR) is 56.9 cm³/mol. The molecule has 1 heterocycles. The SMILES string of the molecule is C=C1OC(=O)O[C@@H]1[C@H](O)c1ccc(Cl)cc1. The van der Waals surface area contributed by atoms with Crippen molar-refractivity contribution in [3.05, 3.63) is 47.2 Å². The zero-order valence-electron chi connectivity index (χ0n) is 8.22. The van der Waals surface area contributed by atoms with Gasteiger partial charge < -0.3 is 14.6 Å². The van der Waals surface area contributed by atoms with Crippen molar-refractivity contribution < 1.29 is 19.4 Å². The van der Waals surface area contributed by atoms with Gasteiger partial charge in [0.25, 0.3) is 0 Å². The van der Waals surface area contributed by atoms with Crippen LogP contribution in [-0.4, -0.2) is 17.4 Å². The van der Waals surface area contributed by atoms with Gasteiger partial charge in [0.15, 0.2) is 6.10 Å². The summed E-state index contributed by atoms with van der Waals surface area (Å²) in [6, 6.07) is 6.57. The van der Waals surface area contributed by atoms with Crippen LogP contribution in [0.4, 0.5) is 4.79 Å². The quantitative estimate of drug-likeness (QED) is 0.807. The van der Waals surface area contributed by atoms with E-state index in [-0.39, 0.29) is 5.76 Å². The smallest absolute Gasteiger partial charge is 0.419 e. The molecule has 2 atom stereocenters. The fourth-order valence-corrected chi connectivity index (χ4v) is 1.56. The molecule has 0 amide bonds. The standard InChI is InChI=1S/C11H9ClO4/c1-6-10(16-11(14)15-6)9(13)7-2-4-8(12)5-3-7/h2-5,9-10,13H,1H2/t9-,10+/m1/s1. The van der Waals surface area contributed by atoms with Gasteiger partial charge in [0.1, 0.15) is 11.9 Å². The molecule has 1 N–H and O–H groups in total. The number of rotatable bonds is 2. The molecule has 16 heavy (non-hydrogen) atoms. The molecule has 1 aromatic carbocycles. The van der Waals surface area contributed by atoms with Gasteiger partial charge in [-0.1, -0.05) is 30.3 Å². The van der Waals surface area contributed by atoms with E-state index >= 15 is 0 Å². The molecule has 1 aromatic rings. The average Bonchev–Trinajstić information content (AvgIpc) is 2.58. The second-order valence-corrected chi connectivity index (χ2v) is 3.79. The fraction of sp³-hybridized carbons (Fsp3) is 0.182. The molecule has 0 saturated carbocycles. The topological polar surface area (TPSA) is 55.8 Å². The minimum atomic E-state index is -1.00. The van der Waals surface area contributed by atoms with E-state index in [1.54, 1.807) is 24.3 Å². The third-order valence-electron chi connectivity index (χ3n) is 2.25. The van der Waals surface area contributed by atoms with Crippen molar-refractivity contribution in [2.45, 2.75) is 12.2 Å². The number of hydrogen-bond donors (Lipinski definition) is 1. The largest absolute Gasteiger partial charge is 0.514 e. The van der Waals surface area contributed by atoms with Gasteiger partial charge in [-0.2, -0.15) is 0 Å². The van der Waals surface area contributed by atoms with E-state index in [0.717, 1.165) is 0 Å². The van der Waals surface area contributed by atoms with E-state index in [0.29, 0.717) is 10.6 Å². The summed E-state index contributed by atoms with van der Waals surface area (Å²) in [5.74, 6) is 0.104. The molecule has 2 rings (SSSR count). The van der Waals surface area contributed by atoms with Crippen molar-refractivity contribution in [3.8, 4) is 0 Å². The number of benzene rings is 1. The van der Waals surface area contributed by atoms with Gasteiger partial charge in [-0.25, -0.2) is 4.79 Å². The number of carbonyl (C=O) groups is 1. The fourth-order valence-electron chi connectivity index (χ4n) is 1.43. The summed E-state index contributed by atoms with van der Waals surface area (Å²) in [5.41, 5.74) is 0.578. The van der Waals surface area contributed by atoms with Crippen LogP contribution < -0.4 is 0 Å². The molecular weight excluding hydrogens is 232 g/mol. The molecule has 1 aliphatic rings. The molecule has 5 heteroatoms. The van der Waals surface area contributed by atoms with Crippen LogP contribution in [0.25, 0.3) is 0 Å². The zero-order chi connectivity index (χ0) is 11.7. The Morgan fingerprint density at radius 1 is 1.38 bits per heavy atom. The van der Waals surface area contributed by atoms with E-state index in [1.165, 1.54) is 0 Å². The second-order valence-electron chi connectivity index (χ2n) is 3.35. The molecule has 0 radical (unpaired) electrons. The van der Waals surface area contributed by atoms with E-state index in [4.69, 9.17) is 16.3 Å². The first-order valence-electron chi connectivity index (χ1n) is 4.58.